The van der Waals surface area contributed by atoms with E-state index in [1.165, 1.54) is 12.1 Å². The number of carbonyl (C=O) groups excluding carboxylic acids is 1. The minimum absolute atomic E-state index is 0.291. The van der Waals surface area contributed by atoms with Crippen LogP contribution in [0.2, 0.25) is 0 Å². The SMILES string of the molecule is CCCNC(=O)c1c(O)cccc1F. The number of aromatic hydroxyl groups is 1. The first-order valence-corrected chi connectivity index (χ1v) is 4.42. The summed E-state index contributed by atoms with van der Waals surface area (Å²) in [7, 11) is 0. The van der Waals surface area contributed by atoms with Gasteiger partial charge in [0, 0.05) is 6.54 Å². The molecule has 76 valence electrons. The van der Waals surface area contributed by atoms with E-state index in [1.807, 2.05) is 6.92 Å². The lowest BCUT2D eigenvalue weighted by atomic mass is 10.1. The molecule has 0 aliphatic rings. The monoisotopic (exact) mass is 197 g/mol. The van der Waals surface area contributed by atoms with Crippen LogP contribution in [0.15, 0.2) is 18.2 Å². The van der Waals surface area contributed by atoms with E-state index in [9.17, 15) is 14.3 Å². The Morgan fingerprint density at radius 1 is 1.57 bits per heavy atom. The van der Waals surface area contributed by atoms with Gasteiger partial charge in [0.25, 0.3) is 5.91 Å². The molecule has 0 spiro atoms. The maximum Gasteiger partial charge on any atom is 0.258 e. The Hall–Kier alpha value is -1.58. The van der Waals surface area contributed by atoms with Gasteiger partial charge in [0.1, 0.15) is 17.1 Å². The van der Waals surface area contributed by atoms with Gasteiger partial charge >= 0.3 is 0 Å². The van der Waals surface area contributed by atoms with E-state index >= 15 is 0 Å². The van der Waals surface area contributed by atoms with E-state index in [0.717, 1.165) is 12.5 Å². The molecule has 0 unspecified atom stereocenters. The average Bonchev–Trinajstić information content (AvgIpc) is 2.14. The fourth-order valence-corrected chi connectivity index (χ4v) is 1.06. The molecule has 3 nitrogen and oxygen atoms in total. The van der Waals surface area contributed by atoms with Crippen LogP contribution < -0.4 is 5.32 Å². The van der Waals surface area contributed by atoms with E-state index in [0.29, 0.717) is 6.54 Å². The average molecular weight is 197 g/mol. The lowest BCUT2D eigenvalue weighted by molar-refractivity contribution is 0.0947. The van der Waals surface area contributed by atoms with E-state index in [1.54, 1.807) is 0 Å². The molecule has 1 amide bonds. The molecule has 2 N–H and O–H groups in total. The number of hydrogen-bond acceptors (Lipinski definition) is 2. The number of hydrogen-bond donors (Lipinski definition) is 2. The number of phenolic OH excluding ortho intramolecular Hbond substituents is 1. The molecule has 0 saturated carbocycles. The third-order valence-electron chi connectivity index (χ3n) is 1.75. The van der Waals surface area contributed by atoms with Crippen molar-refractivity contribution in [2.45, 2.75) is 13.3 Å². The van der Waals surface area contributed by atoms with Gasteiger partial charge in [0.15, 0.2) is 0 Å². The number of amides is 1. The summed E-state index contributed by atoms with van der Waals surface area (Å²) in [6.45, 7) is 2.36. The fourth-order valence-electron chi connectivity index (χ4n) is 1.06. The smallest absolute Gasteiger partial charge is 0.258 e. The molecular weight excluding hydrogens is 185 g/mol. The van der Waals surface area contributed by atoms with Gasteiger partial charge in [-0.25, -0.2) is 4.39 Å². The van der Waals surface area contributed by atoms with Gasteiger partial charge in [-0.15, -0.1) is 0 Å². The Morgan fingerprint density at radius 3 is 2.86 bits per heavy atom. The van der Waals surface area contributed by atoms with E-state index in [-0.39, 0.29) is 11.3 Å². The van der Waals surface area contributed by atoms with Gasteiger partial charge in [-0.2, -0.15) is 0 Å². The summed E-state index contributed by atoms with van der Waals surface area (Å²) in [6.07, 6.45) is 0.765. The highest BCUT2D eigenvalue weighted by molar-refractivity contribution is 5.97. The first-order chi connectivity index (χ1) is 6.66. The summed E-state index contributed by atoms with van der Waals surface area (Å²) < 4.78 is 13.1. The molecule has 0 aromatic heterocycles. The Labute approximate surface area is 81.6 Å². The lowest BCUT2D eigenvalue weighted by Gasteiger charge is -2.05. The van der Waals surface area contributed by atoms with Crippen LogP contribution in [0.1, 0.15) is 23.7 Å². The van der Waals surface area contributed by atoms with E-state index in [4.69, 9.17) is 0 Å². The topological polar surface area (TPSA) is 49.3 Å². The normalized spacial score (nSPS) is 9.86. The largest absolute Gasteiger partial charge is 0.507 e. The Kier molecular flexibility index (Phi) is 3.45. The second-order valence-electron chi connectivity index (χ2n) is 2.89. The molecule has 0 radical (unpaired) electrons. The minimum atomic E-state index is -0.710. The second-order valence-corrected chi connectivity index (χ2v) is 2.89. The number of benzene rings is 1. The number of carbonyl (C=O) groups is 1. The van der Waals surface area contributed by atoms with Gasteiger partial charge < -0.3 is 10.4 Å². The Balaban J connectivity index is 2.89. The van der Waals surface area contributed by atoms with Gasteiger partial charge in [0.2, 0.25) is 0 Å². The van der Waals surface area contributed by atoms with Crippen molar-refractivity contribution in [1.82, 2.24) is 5.32 Å². The van der Waals surface area contributed by atoms with E-state index in [2.05, 4.69) is 5.32 Å². The predicted molar refractivity (Wildman–Crippen MR) is 50.7 cm³/mol. The van der Waals surface area contributed by atoms with E-state index < -0.39 is 11.7 Å². The molecule has 0 bridgehead atoms. The molecule has 0 fully saturated rings. The van der Waals surface area contributed by atoms with Crippen LogP contribution in [0.5, 0.6) is 5.75 Å². The minimum Gasteiger partial charge on any atom is -0.507 e. The molecule has 0 heterocycles. The van der Waals surface area contributed by atoms with Crippen LogP contribution in [-0.4, -0.2) is 17.6 Å². The number of phenols is 1. The molecule has 14 heavy (non-hydrogen) atoms. The van der Waals surface area contributed by atoms with Crippen LogP contribution in [0.3, 0.4) is 0 Å². The first-order valence-electron chi connectivity index (χ1n) is 4.42. The summed E-state index contributed by atoms with van der Waals surface area (Å²) in [6, 6.07) is 3.77. The van der Waals surface area contributed by atoms with Crippen molar-refractivity contribution >= 4 is 5.91 Å². The van der Waals surface area contributed by atoms with Crippen molar-refractivity contribution < 1.29 is 14.3 Å². The highest BCUT2D eigenvalue weighted by atomic mass is 19.1. The quantitative estimate of drug-likeness (QED) is 0.774. The molecule has 0 aliphatic heterocycles. The molecule has 1 aromatic rings. The first kappa shape index (κ1) is 10.5. The van der Waals surface area contributed by atoms with Gasteiger partial charge in [-0.1, -0.05) is 13.0 Å². The van der Waals surface area contributed by atoms with Gasteiger partial charge in [-0.3, -0.25) is 4.79 Å². The summed E-state index contributed by atoms with van der Waals surface area (Å²) >= 11 is 0. The fraction of sp³-hybridized carbons (Fsp3) is 0.300. The van der Waals surface area contributed by atoms with Crippen molar-refractivity contribution in [3.05, 3.63) is 29.6 Å². The standard InChI is InChI=1S/C10H12FNO2/c1-2-6-12-10(14)9-7(11)4-3-5-8(9)13/h3-5,13H,2,6H2,1H3,(H,12,14). The third-order valence-corrected chi connectivity index (χ3v) is 1.75. The maximum atomic E-state index is 13.1. The number of nitrogens with one attached hydrogen (secondary N) is 1. The molecule has 1 rings (SSSR count). The molecule has 1 aromatic carbocycles. The summed E-state index contributed by atoms with van der Waals surface area (Å²) in [5.41, 5.74) is -0.291. The predicted octanol–water partition coefficient (Wildman–Crippen LogP) is 1.67. The molecule has 4 heteroatoms. The second kappa shape index (κ2) is 4.60. The lowest BCUT2D eigenvalue weighted by Crippen LogP contribution is -2.25. The van der Waals surface area contributed by atoms with Crippen molar-refractivity contribution in [3.63, 3.8) is 0 Å². The zero-order valence-electron chi connectivity index (χ0n) is 7.88. The summed E-state index contributed by atoms with van der Waals surface area (Å²) in [5, 5.41) is 11.8. The molecule has 0 aliphatic carbocycles. The van der Waals surface area contributed by atoms with Crippen LogP contribution in [0.4, 0.5) is 4.39 Å². The third kappa shape index (κ3) is 2.22. The molecular formula is C10H12FNO2. The number of halogens is 1. The van der Waals surface area contributed by atoms with Crippen LogP contribution >= 0.6 is 0 Å². The number of rotatable bonds is 3. The van der Waals surface area contributed by atoms with Crippen LogP contribution in [0, 0.1) is 5.82 Å². The Bertz CT molecular complexity index is 319. The molecule has 0 saturated heterocycles. The van der Waals surface area contributed by atoms with Gasteiger partial charge in [-0.05, 0) is 18.6 Å². The van der Waals surface area contributed by atoms with Crippen LogP contribution in [-0.2, 0) is 0 Å². The molecule has 0 atom stereocenters. The Morgan fingerprint density at radius 2 is 2.29 bits per heavy atom. The maximum absolute atomic E-state index is 13.1. The van der Waals surface area contributed by atoms with Crippen molar-refractivity contribution in [3.8, 4) is 5.75 Å². The summed E-state index contributed by atoms with van der Waals surface area (Å²) in [5.74, 6) is -1.63. The van der Waals surface area contributed by atoms with Crippen LogP contribution in [0.25, 0.3) is 0 Å². The highest BCUT2D eigenvalue weighted by Gasteiger charge is 2.15. The van der Waals surface area contributed by atoms with Crippen molar-refractivity contribution in [1.29, 1.82) is 0 Å². The summed E-state index contributed by atoms with van der Waals surface area (Å²) in [4.78, 5) is 11.3. The van der Waals surface area contributed by atoms with Gasteiger partial charge in [0.05, 0.1) is 0 Å². The zero-order chi connectivity index (χ0) is 10.6. The van der Waals surface area contributed by atoms with Crippen molar-refractivity contribution in [2.75, 3.05) is 6.54 Å². The van der Waals surface area contributed by atoms with Crippen molar-refractivity contribution in [2.24, 2.45) is 0 Å². The zero-order valence-corrected chi connectivity index (χ0v) is 7.88. The highest BCUT2D eigenvalue weighted by Crippen LogP contribution is 2.19.